The minimum atomic E-state index is 0.618. The standard InChI is InChI=1S/C21H30N2/c1-13(2)23(14(3)4)21-16-10-9-15(11-16)20(21)18-12-22-19-8-6-5-7-17(18)19/h5-8,12-16,20-22H,9-11H2,1-4H3/t15-,16+,20-,21+/m1/s1. The van der Waals surface area contributed by atoms with E-state index in [1.54, 1.807) is 5.56 Å². The Bertz CT molecular complexity index is 676. The minimum Gasteiger partial charge on any atom is -0.361 e. The van der Waals surface area contributed by atoms with E-state index in [0.717, 1.165) is 11.8 Å². The zero-order valence-corrected chi connectivity index (χ0v) is 14.9. The summed E-state index contributed by atoms with van der Waals surface area (Å²) in [6.07, 6.45) is 6.60. The molecule has 2 fully saturated rings. The Morgan fingerprint density at radius 3 is 2.43 bits per heavy atom. The van der Waals surface area contributed by atoms with E-state index in [9.17, 15) is 0 Å². The first-order valence-electron chi connectivity index (χ1n) is 9.41. The smallest absolute Gasteiger partial charge is 0.0456 e. The van der Waals surface area contributed by atoms with Crippen LogP contribution in [0.3, 0.4) is 0 Å². The molecule has 2 aliphatic carbocycles. The minimum absolute atomic E-state index is 0.618. The van der Waals surface area contributed by atoms with Gasteiger partial charge in [0.15, 0.2) is 0 Å². The maximum absolute atomic E-state index is 3.52. The van der Waals surface area contributed by atoms with Crippen LogP contribution in [-0.2, 0) is 0 Å². The van der Waals surface area contributed by atoms with Crippen LogP contribution in [0.25, 0.3) is 10.9 Å². The van der Waals surface area contributed by atoms with Gasteiger partial charge in [0, 0.05) is 41.1 Å². The first kappa shape index (κ1) is 15.3. The lowest BCUT2D eigenvalue weighted by atomic mass is 9.78. The highest BCUT2D eigenvalue weighted by molar-refractivity contribution is 5.83. The number of nitrogens with one attached hydrogen (secondary N) is 1. The van der Waals surface area contributed by atoms with Gasteiger partial charge in [-0.25, -0.2) is 0 Å². The molecule has 0 amide bonds. The second kappa shape index (κ2) is 5.66. The second-order valence-electron chi connectivity index (χ2n) is 8.27. The lowest BCUT2D eigenvalue weighted by molar-refractivity contribution is 0.0624. The molecule has 2 aromatic rings. The summed E-state index contributed by atoms with van der Waals surface area (Å²) in [5.74, 6) is 2.47. The maximum Gasteiger partial charge on any atom is 0.0456 e. The predicted octanol–water partition coefficient (Wildman–Crippen LogP) is 5.17. The van der Waals surface area contributed by atoms with Crippen molar-refractivity contribution >= 4 is 10.9 Å². The van der Waals surface area contributed by atoms with E-state index in [-0.39, 0.29) is 0 Å². The molecule has 1 aromatic carbocycles. The van der Waals surface area contributed by atoms with Gasteiger partial charge in [-0.15, -0.1) is 0 Å². The van der Waals surface area contributed by atoms with E-state index in [4.69, 9.17) is 0 Å². The number of nitrogens with zero attached hydrogens (tertiary/aromatic N) is 1. The highest BCUT2D eigenvalue weighted by Crippen LogP contribution is 2.56. The molecule has 2 nitrogen and oxygen atoms in total. The Morgan fingerprint density at radius 1 is 1.00 bits per heavy atom. The van der Waals surface area contributed by atoms with E-state index in [2.05, 4.69) is 68.0 Å². The SMILES string of the molecule is CC(C)N(C(C)C)[C@H]1[C@H]2CC[C@H](C2)[C@@H]1c1c[nH]c2ccccc12. The van der Waals surface area contributed by atoms with Gasteiger partial charge in [0.25, 0.3) is 0 Å². The lowest BCUT2D eigenvalue weighted by Crippen LogP contribution is -2.50. The molecule has 2 heteroatoms. The van der Waals surface area contributed by atoms with Crippen LogP contribution in [0, 0.1) is 11.8 Å². The fourth-order valence-corrected chi connectivity index (χ4v) is 5.78. The highest BCUT2D eigenvalue weighted by Gasteiger charge is 2.51. The Hall–Kier alpha value is -1.28. The molecule has 0 unspecified atom stereocenters. The topological polar surface area (TPSA) is 19.0 Å². The van der Waals surface area contributed by atoms with Gasteiger partial charge < -0.3 is 4.98 Å². The molecule has 124 valence electrons. The molecule has 2 bridgehead atoms. The summed E-state index contributed by atoms with van der Waals surface area (Å²) in [6, 6.07) is 10.8. The summed E-state index contributed by atoms with van der Waals surface area (Å²) in [5, 5.41) is 1.45. The number of benzene rings is 1. The summed E-state index contributed by atoms with van der Waals surface area (Å²) in [7, 11) is 0. The van der Waals surface area contributed by atoms with Crippen molar-refractivity contribution in [1.29, 1.82) is 0 Å². The Morgan fingerprint density at radius 2 is 1.70 bits per heavy atom. The Balaban J connectivity index is 1.79. The van der Waals surface area contributed by atoms with Gasteiger partial charge in [0.05, 0.1) is 0 Å². The summed E-state index contributed by atoms with van der Waals surface area (Å²) >= 11 is 0. The first-order chi connectivity index (χ1) is 11.1. The van der Waals surface area contributed by atoms with Crippen molar-refractivity contribution in [1.82, 2.24) is 9.88 Å². The van der Waals surface area contributed by atoms with Gasteiger partial charge in [-0.1, -0.05) is 18.2 Å². The van der Waals surface area contributed by atoms with Crippen molar-refractivity contribution in [2.45, 2.75) is 71.0 Å². The average Bonchev–Trinajstić information content (AvgIpc) is 3.20. The first-order valence-corrected chi connectivity index (χ1v) is 9.41. The molecule has 4 atom stereocenters. The molecular weight excluding hydrogens is 280 g/mol. The van der Waals surface area contributed by atoms with Gasteiger partial charge in [-0.2, -0.15) is 0 Å². The predicted molar refractivity (Wildman–Crippen MR) is 97.8 cm³/mol. The zero-order valence-electron chi connectivity index (χ0n) is 14.9. The van der Waals surface area contributed by atoms with Gasteiger partial charge in [-0.05, 0) is 70.4 Å². The van der Waals surface area contributed by atoms with Gasteiger partial charge >= 0.3 is 0 Å². The molecule has 0 spiro atoms. The second-order valence-corrected chi connectivity index (χ2v) is 8.27. The molecule has 4 rings (SSSR count). The van der Waals surface area contributed by atoms with Crippen LogP contribution in [0.5, 0.6) is 0 Å². The average molecular weight is 310 g/mol. The number of hydrogen-bond acceptors (Lipinski definition) is 1. The number of aromatic nitrogens is 1. The van der Waals surface area contributed by atoms with Crippen LogP contribution in [0.1, 0.15) is 58.4 Å². The summed E-state index contributed by atoms with van der Waals surface area (Å²) < 4.78 is 0. The van der Waals surface area contributed by atoms with Crippen LogP contribution in [-0.4, -0.2) is 28.0 Å². The molecule has 1 heterocycles. The van der Waals surface area contributed by atoms with Crippen molar-refractivity contribution < 1.29 is 0 Å². The van der Waals surface area contributed by atoms with Crippen LogP contribution in [0.4, 0.5) is 0 Å². The Kier molecular flexibility index (Phi) is 3.76. The van der Waals surface area contributed by atoms with Crippen molar-refractivity contribution in [3.8, 4) is 0 Å². The van der Waals surface area contributed by atoms with Crippen molar-refractivity contribution in [2.24, 2.45) is 11.8 Å². The summed E-state index contributed by atoms with van der Waals surface area (Å²) in [6.45, 7) is 9.49. The fraction of sp³-hybridized carbons (Fsp3) is 0.619. The highest BCUT2D eigenvalue weighted by atomic mass is 15.2. The number of rotatable bonds is 4. The quantitative estimate of drug-likeness (QED) is 0.825. The molecule has 0 radical (unpaired) electrons. The molecule has 2 saturated carbocycles. The lowest BCUT2D eigenvalue weighted by Gasteiger charge is -2.44. The van der Waals surface area contributed by atoms with Crippen LogP contribution in [0.2, 0.25) is 0 Å². The van der Waals surface area contributed by atoms with Crippen molar-refractivity contribution in [3.05, 3.63) is 36.0 Å². The molecule has 1 N–H and O–H groups in total. The van der Waals surface area contributed by atoms with Crippen molar-refractivity contribution in [3.63, 3.8) is 0 Å². The van der Waals surface area contributed by atoms with Gasteiger partial charge in [0.1, 0.15) is 0 Å². The molecule has 1 aromatic heterocycles. The van der Waals surface area contributed by atoms with Crippen LogP contribution >= 0.6 is 0 Å². The molecule has 0 aliphatic heterocycles. The molecule has 2 aliphatic rings. The van der Waals surface area contributed by atoms with Gasteiger partial charge in [-0.3, -0.25) is 4.90 Å². The zero-order chi connectivity index (χ0) is 16.1. The number of hydrogen-bond donors (Lipinski definition) is 1. The monoisotopic (exact) mass is 310 g/mol. The normalized spacial score (nSPS) is 30.4. The van der Waals surface area contributed by atoms with E-state index < -0.39 is 0 Å². The number of para-hydroxylation sites is 1. The molecule has 23 heavy (non-hydrogen) atoms. The molecule has 0 saturated heterocycles. The largest absolute Gasteiger partial charge is 0.361 e. The van der Waals surface area contributed by atoms with E-state index in [0.29, 0.717) is 24.0 Å². The Labute approximate surface area is 140 Å². The van der Waals surface area contributed by atoms with Crippen molar-refractivity contribution in [2.75, 3.05) is 0 Å². The summed E-state index contributed by atoms with van der Waals surface area (Å²) in [5.41, 5.74) is 2.87. The van der Waals surface area contributed by atoms with Crippen LogP contribution < -0.4 is 0 Å². The molecular formula is C21H30N2. The number of fused-ring (bicyclic) bond motifs is 3. The van der Waals surface area contributed by atoms with E-state index in [1.807, 2.05) is 0 Å². The summed E-state index contributed by atoms with van der Waals surface area (Å²) in [4.78, 5) is 6.33. The number of aromatic amines is 1. The maximum atomic E-state index is 3.52. The van der Waals surface area contributed by atoms with Gasteiger partial charge in [0.2, 0.25) is 0 Å². The fourth-order valence-electron chi connectivity index (χ4n) is 5.78. The third-order valence-corrected chi connectivity index (χ3v) is 6.39. The van der Waals surface area contributed by atoms with E-state index in [1.165, 1.54) is 30.2 Å². The van der Waals surface area contributed by atoms with E-state index >= 15 is 0 Å². The van der Waals surface area contributed by atoms with Crippen LogP contribution in [0.15, 0.2) is 30.5 Å². The third kappa shape index (κ3) is 2.34. The number of H-pyrrole nitrogens is 1. The third-order valence-electron chi connectivity index (χ3n) is 6.39.